The van der Waals surface area contributed by atoms with E-state index in [0.717, 1.165) is 11.5 Å². The summed E-state index contributed by atoms with van der Waals surface area (Å²) < 4.78 is 39.6. The molecule has 0 saturated heterocycles. The van der Waals surface area contributed by atoms with Gasteiger partial charge in [-0.1, -0.05) is 18.3 Å². The lowest BCUT2D eigenvalue weighted by atomic mass is 10.0. The minimum absolute atomic E-state index is 0.0503. The average Bonchev–Trinajstić information content (AvgIpc) is 2.61. The Labute approximate surface area is 95.5 Å². The number of hydrogen-bond acceptors (Lipinski definition) is 4. The second-order valence-corrected chi connectivity index (χ2v) is 4.63. The normalized spacial score (nSPS) is 14.4. The average molecular weight is 254 g/mol. The van der Waals surface area contributed by atoms with Gasteiger partial charge in [-0.05, 0) is 23.9 Å². The molecule has 0 bridgehead atoms. The summed E-state index contributed by atoms with van der Waals surface area (Å²) in [4.78, 5) is 0.444. The number of alkyl halides is 3. The third-order valence-electron chi connectivity index (χ3n) is 2.09. The quantitative estimate of drug-likeness (QED) is 0.898. The van der Waals surface area contributed by atoms with E-state index >= 15 is 0 Å². The molecule has 0 aliphatic carbocycles. The topological polar surface area (TPSA) is 46.0 Å². The Balaban J connectivity index is 2.66. The van der Waals surface area contributed by atoms with E-state index in [4.69, 9.17) is 0 Å². The van der Waals surface area contributed by atoms with Crippen LogP contribution in [0.15, 0.2) is 0 Å². The number of aliphatic hydroxyl groups excluding tert-OH is 1. The number of rotatable bonds is 4. The Hall–Kier alpha value is -0.690. The molecular formula is C9H13F3N2OS. The molecule has 3 nitrogen and oxygen atoms in total. The van der Waals surface area contributed by atoms with Gasteiger partial charge in [-0.3, -0.25) is 0 Å². The third-order valence-corrected chi connectivity index (χ3v) is 2.93. The van der Waals surface area contributed by atoms with Gasteiger partial charge in [-0.15, -0.1) is 5.10 Å². The Kier molecular flexibility index (Phi) is 4.26. The highest BCUT2D eigenvalue weighted by Crippen LogP contribution is 2.32. The van der Waals surface area contributed by atoms with Crippen LogP contribution in [0.3, 0.4) is 0 Å². The van der Waals surface area contributed by atoms with Crippen molar-refractivity contribution in [2.24, 2.45) is 0 Å². The number of hydrogen-bond donors (Lipinski definition) is 1. The molecule has 1 unspecified atom stereocenters. The van der Waals surface area contributed by atoms with Crippen LogP contribution in [0.25, 0.3) is 0 Å². The zero-order valence-electron chi connectivity index (χ0n) is 8.95. The highest BCUT2D eigenvalue weighted by molar-refractivity contribution is 7.05. The van der Waals surface area contributed by atoms with Gasteiger partial charge in [0.2, 0.25) is 0 Å². The van der Waals surface area contributed by atoms with Gasteiger partial charge in [-0.2, -0.15) is 13.2 Å². The van der Waals surface area contributed by atoms with Gasteiger partial charge in [0, 0.05) is 6.42 Å². The summed E-state index contributed by atoms with van der Waals surface area (Å²) in [6.07, 6.45) is -6.70. The Morgan fingerprint density at radius 1 is 1.38 bits per heavy atom. The van der Waals surface area contributed by atoms with Crippen molar-refractivity contribution in [3.63, 3.8) is 0 Å². The molecule has 1 aromatic heterocycles. The second-order valence-electron chi connectivity index (χ2n) is 3.85. The van der Waals surface area contributed by atoms with Crippen molar-refractivity contribution in [3.8, 4) is 0 Å². The third kappa shape index (κ3) is 3.71. The predicted molar refractivity (Wildman–Crippen MR) is 54.2 cm³/mol. The maximum absolute atomic E-state index is 12.0. The van der Waals surface area contributed by atoms with Gasteiger partial charge in [0.15, 0.2) is 0 Å². The SMILES string of the molecule is CC(C)c1nnsc1C(O)CCC(F)(F)F. The molecule has 0 saturated carbocycles. The summed E-state index contributed by atoms with van der Waals surface area (Å²) >= 11 is 0.958. The van der Waals surface area contributed by atoms with Crippen LogP contribution in [0.5, 0.6) is 0 Å². The van der Waals surface area contributed by atoms with Crippen LogP contribution in [-0.2, 0) is 0 Å². The molecule has 0 amide bonds. The van der Waals surface area contributed by atoms with E-state index < -0.39 is 18.7 Å². The monoisotopic (exact) mass is 254 g/mol. The predicted octanol–water partition coefficient (Wildman–Crippen LogP) is 3.04. The molecule has 0 radical (unpaired) electrons. The van der Waals surface area contributed by atoms with Gasteiger partial charge in [0.1, 0.15) is 0 Å². The van der Waals surface area contributed by atoms with Crippen molar-refractivity contribution >= 4 is 11.5 Å². The van der Waals surface area contributed by atoms with Crippen molar-refractivity contribution in [1.82, 2.24) is 9.59 Å². The largest absolute Gasteiger partial charge is 0.389 e. The molecule has 0 aromatic carbocycles. The molecule has 1 aromatic rings. The molecule has 1 N–H and O–H groups in total. The van der Waals surface area contributed by atoms with Crippen molar-refractivity contribution < 1.29 is 18.3 Å². The summed E-state index contributed by atoms with van der Waals surface area (Å²) in [5, 5.41) is 13.4. The van der Waals surface area contributed by atoms with E-state index in [0.29, 0.717) is 10.6 Å². The van der Waals surface area contributed by atoms with Crippen molar-refractivity contribution in [2.45, 2.75) is 44.9 Å². The van der Waals surface area contributed by atoms with E-state index in [9.17, 15) is 18.3 Å². The smallest absolute Gasteiger partial charge is 0.387 e. The Morgan fingerprint density at radius 3 is 2.50 bits per heavy atom. The van der Waals surface area contributed by atoms with Crippen molar-refractivity contribution in [1.29, 1.82) is 0 Å². The highest BCUT2D eigenvalue weighted by Gasteiger charge is 2.29. The summed E-state index contributed by atoms with van der Waals surface area (Å²) in [6, 6.07) is 0. The second kappa shape index (κ2) is 5.09. The molecule has 0 fully saturated rings. The minimum atomic E-state index is -4.24. The Morgan fingerprint density at radius 2 is 2.00 bits per heavy atom. The molecule has 1 atom stereocenters. The van der Waals surface area contributed by atoms with Crippen LogP contribution in [0.2, 0.25) is 0 Å². The first kappa shape index (κ1) is 13.4. The van der Waals surface area contributed by atoms with Crippen molar-refractivity contribution in [3.05, 3.63) is 10.6 Å². The lowest BCUT2D eigenvalue weighted by Crippen LogP contribution is -2.10. The van der Waals surface area contributed by atoms with E-state index in [1.165, 1.54) is 0 Å². The summed E-state index contributed by atoms with van der Waals surface area (Å²) in [5.41, 5.74) is 0.583. The van der Waals surface area contributed by atoms with E-state index in [1.807, 2.05) is 13.8 Å². The number of nitrogens with zero attached hydrogens (tertiary/aromatic N) is 2. The molecule has 0 aliphatic heterocycles. The van der Waals surface area contributed by atoms with Gasteiger partial charge in [-0.25, -0.2) is 0 Å². The molecular weight excluding hydrogens is 241 g/mol. The molecule has 1 heterocycles. The van der Waals surface area contributed by atoms with Crippen LogP contribution in [0, 0.1) is 0 Å². The zero-order valence-corrected chi connectivity index (χ0v) is 9.77. The van der Waals surface area contributed by atoms with Crippen LogP contribution in [-0.4, -0.2) is 20.9 Å². The standard InChI is InChI=1S/C9H13F3N2OS/c1-5(2)7-8(16-14-13-7)6(15)3-4-9(10,11)12/h5-6,15H,3-4H2,1-2H3. The van der Waals surface area contributed by atoms with E-state index in [-0.39, 0.29) is 12.3 Å². The number of halogens is 3. The fourth-order valence-electron chi connectivity index (χ4n) is 1.27. The molecule has 1 rings (SSSR count). The molecule has 92 valence electrons. The molecule has 7 heteroatoms. The lowest BCUT2D eigenvalue weighted by molar-refractivity contribution is -0.140. The first-order valence-corrected chi connectivity index (χ1v) is 5.65. The van der Waals surface area contributed by atoms with E-state index in [2.05, 4.69) is 9.59 Å². The van der Waals surface area contributed by atoms with Crippen LogP contribution >= 0.6 is 11.5 Å². The van der Waals surface area contributed by atoms with Gasteiger partial charge < -0.3 is 5.11 Å². The number of aliphatic hydroxyl groups is 1. The molecule has 0 aliphatic rings. The first-order valence-electron chi connectivity index (χ1n) is 4.88. The van der Waals surface area contributed by atoms with Gasteiger partial charge >= 0.3 is 6.18 Å². The first-order chi connectivity index (χ1) is 7.31. The number of aromatic nitrogens is 2. The Bertz CT molecular complexity index is 338. The van der Waals surface area contributed by atoms with Gasteiger partial charge in [0.25, 0.3) is 0 Å². The summed E-state index contributed by atoms with van der Waals surface area (Å²) in [6.45, 7) is 3.72. The van der Waals surface area contributed by atoms with Crippen LogP contribution in [0.4, 0.5) is 13.2 Å². The molecule has 0 spiro atoms. The summed E-state index contributed by atoms with van der Waals surface area (Å²) in [7, 11) is 0. The highest BCUT2D eigenvalue weighted by atomic mass is 32.1. The fraction of sp³-hybridized carbons (Fsp3) is 0.778. The molecule has 16 heavy (non-hydrogen) atoms. The summed E-state index contributed by atoms with van der Waals surface area (Å²) in [5.74, 6) is 0.0503. The van der Waals surface area contributed by atoms with Crippen molar-refractivity contribution in [2.75, 3.05) is 0 Å². The van der Waals surface area contributed by atoms with Crippen LogP contribution in [0.1, 0.15) is 49.3 Å². The van der Waals surface area contributed by atoms with Gasteiger partial charge in [0.05, 0.1) is 16.7 Å². The lowest BCUT2D eigenvalue weighted by Gasteiger charge is -2.12. The zero-order chi connectivity index (χ0) is 12.3. The minimum Gasteiger partial charge on any atom is -0.387 e. The van der Waals surface area contributed by atoms with E-state index in [1.54, 1.807) is 0 Å². The maximum Gasteiger partial charge on any atom is 0.389 e. The fourth-order valence-corrected chi connectivity index (χ4v) is 2.09. The van der Waals surface area contributed by atoms with Crippen LogP contribution < -0.4 is 0 Å². The maximum atomic E-state index is 12.0.